The van der Waals surface area contributed by atoms with E-state index >= 15 is 0 Å². The van der Waals surface area contributed by atoms with Gasteiger partial charge >= 0.3 is 0 Å². The molecule has 2 fully saturated rings. The molecule has 3 aliphatic rings. The van der Waals surface area contributed by atoms with Crippen LogP contribution in [0.1, 0.15) is 56.1 Å². The lowest BCUT2D eigenvalue weighted by Gasteiger charge is -2.31. The van der Waals surface area contributed by atoms with E-state index in [1.165, 1.54) is 42.6 Å². The van der Waals surface area contributed by atoms with Gasteiger partial charge in [-0.3, -0.25) is 0 Å². The van der Waals surface area contributed by atoms with Crippen LogP contribution in [0.5, 0.6) is 0 Å². The molecule has 0 saturated carbocycles. The van der Waals surface area contributed by atoms with Crippen LogP contribution < -0.4 is 5.32 Å². The number of likely N-dealkylation sites (tertiary alicyclic amines) is 1. The molecule has 138 valence electrons. The van der Waals surface area contributed by atoms with E-state index in [1.807, 2.05) is 0 Å². The molecule has 0 aliphatic carbocycles. The zero-order chi connectivity index (χ0) is 17.7. The Morgan fingerprint density at radius 1 is 1.24 bits per heavy atom. The average Bonchev–Trinajstić information content (AvgIpc) is 3.12. The van der Waals surface area contributed by atoms with Gasteiger partial charge in [0, 0.05) is 23.7 Å². The van der Waals surface area contributed by atoms with Gasteiger partial charge in [0.05, 0.1) is 11.5 Å². The maximum atomic E-state index is 11.7. The quantitative estimate of drug-likeness (QED) is 0.897. The average molecular weight is 363 g/mol. The normalized spacial score (nSPS) is 32.5. The first-order valence-corrected chi connectivity index (χ1v) is 11.5. The number of benzene rings is 1. The van der Waals surface area contributed by atoms with Crippen LogP contribution in [0.25, 0.3) is 0 Å². The van der Waals surface area contributed by atoms with Gasteiger partial charge in [0.1, 0.15) is 9.84 Å². The summed E-state index contributed by atoms with van der Waals surface area (Å²) in [6.45, 7) is 4.62. The lowest BCUT2D eigenvalue weighted by Crippen LogP contribution is -2.35. The SMILES string of the molecule is CN1CCC[C@@H]1CC1(C)CNc2ccc(C3CCS(=O)(=O)CC3)cc21. The smallest absolute Gasteiger partial charge is 0.150 e. The topological polar surface area (TPSA) is 49.4 Å². The molecule has 1 aromatic carbocycles. The summed E-state index contributed by atoms with van der Waals surface area (Å²) in [5.41, 5.74) is 4.23. The van der Waals surface area contributed by atoms with Gasteiger partial charge in [-0.2, -0.15) is 0 Å². The molecule has 3 heterocycles. The Kier molecular flexibility index (Phi) is 4.35. The van der Waals surface area contributed by atoms with Gasteiger partial charge in [0.25, 0.3) is 0 Å². The number of anilines is 1. The second-order valence-corrected chi connectivity index (χ2v) is 10.9. The van der Waals surface area contributed by atoms with E-state index in [0.717, 1.165) is 19.4 Å². The highest BCUT2D eigenvalue weighted by atomic mass is 32.2. The van der Waals surface area contributed by atoms with E-state index in [0.29, 0.717) is 23.5 Å². The van der Waals surface area contributed by atoms with Crippen LogP contribution in [0.15, 0.2) is 18.2 Å². The van der Waals surface area contributed by atoms with Gasteiger partial charge < -0.3 is 10.2 Å². The Morgan fingerprint density at radius 3 is 2.68 bits per heavy atom. The van der Waals surface area contributed by atoms with E-state index in [1.54, 1.807) is 0 Å². The lowest BCUT2D eigenvalue weighted by atomic mass is 9.77. The molecule has 0 spiro atoms. The molecule has 0 bridgehead atoms. The Bertz CT molecular complexity index is 747. The minimum Gasteiger partial charge on any atom is -0.384 e. The van der Waals surface area contributed by atoms with Crippen molar-refractivity contribution in [1.82, 2.24) is 4.90 Å². The standard InChI is InChI=1S/C20H30N2O2S/c1-20(13-17-4-3-9-22(17)2)14-21-19-6-5-16(12-18(19)20)15-7-10-25(23,24)11-8-15/h5-6,12,15,17,21H,3-4,7-11,13-14H2,1-2H3/t17-,20?/m1/s1. The van der Waals surface area contributed by atoms with E-state index in [4.69, 9.17) is 0 Å². The van der Waals surface area contributed by atoms with Gasteiger partial charge in [-0.25, -0.2) is 8.42 Å². The summed E-state index contributed by atoms with van der Waals surface area (Å²) in [5, 5.41) is 3.61. The molecule has 1 aromatic rings. The van der Waals surface area contributed by atoms with E-state index in [-0.39, 0.29) is 5.41 Å². The molecule has 0 amide bonds. The summed E-state index contributed by atoms with van der Waals surface area (Å²) < 4.78 is 23.5. The molecule has 2 saturated heterocycles. The molecule has 4 rings (SSSR count). The van der Waals surface area contributed by atoms with Crippen molar-refractivity contribution in [2.24, 2.45) is 0 Å². The fourth-order valence-electron chi connectivity index (χ4n) is 5.02. The maximum Gasteiger partial charge on any atom is 0.150 e. The molecule has 5 heteroatoms. The zero-order valence-corrected chi connectivity index (χ0v) is 16.2. The fourth-order valence-corrected chi connectivity index (χ4v) is 6.51. The van der Waals surface area contributed by atoms with Crippen LogP contribution in [0.2, 0.25) is 0 Å². The Balaban J connectivity index is 1.57. The van der Waals surface area contributed by atoms with Crippen molar-refractivity contribution in [3.63, 3.8) is 0 Å². The summed E-state index contributed by atoms with van der Waals surface area (Å²) in [6.07, 6.45) is 5.37. The number of hydrogen-bond donors (Lipinski definition) is 1. The molecule has 3 aliphatic heterocycles. The van der Waals surface area contributed by atoms with Crippen LogP contribution in [0, 0.1) is 0 Å². The lowest BCUT2D eigenvalue weighted by molar-refractivity contribution is 0.254. The molecule has 25 heavy (non-hydrogen) atoms. The van der Waals surface area contributed by atoms with Gasteiger partial charge in [0.15, 0.2) is 0 Å². The second-order valence-electron chi connectivity index (χ2n) is 8.63. The van der Waals surface area contributed by atoms with Crippen LogP contribution in [-0.2, 0) is 15.3 Å². The van der Waals surface area contributed by atoms with Crippen molar-refractivity contribution in [1.29, 1.82) is 0 Å². The minimum atomic E-state index is -2.80. The summed E-state index contributed by atoms with van der Waals surface area (Å²) in [7, 11) is -0.545. The molecular formula is C20H30N2O2S. The number of nitrogens with one attached hydrogen (secondary N) is 1. The Labute approximate surface area is 151 Å². The van der Waals surface area contributed by atoms with Gasteiger partial charge in [-0.15, -0.1) is 0 Å². The third-order valence-corrected chi connectivity index (χ3v) is 8.46. The molecule has 1 N–H and O–H groups in total. The highest BCUT2D eigenvalue weighted by Crippen LogP contribution is 2.43. The predicted molar refractivity (Wildman–Crippen MR) is 103 cm³/mol. The van der Waals surface area contributed by atoms with Crippen molar-refractivity contribution < 1.29 is 8.42 Å². The molecule has 0 radical (unpaired) electrons. The van der Waals surface area contributed by atoms with Crippen molar-refractivity contribution in [2.45, 2.75) is 56.4 Å². The number of nitrogens with zero attached hydrogens (tertiary/aromatic N) is 1. The number of fused-ring (bicyclic) bond motifs is 1. The summed E-state index contributed by atoms with van der Waals surface area (Å²) in [5.74, 6) is 1.08. The summed E-state index contributed by atoms with van der Waals surface area (Å²) in [4.78, 5) is 2.51. The van der Waals surface area contributed by atoms with Crippen LogP contribution in [-0.4, -0.2) is 51.0 Å². The molecule has 2 atom stereocenters. The van der Waals surface area contributed by atoms with Gasteiger partial charge in [0.2, 0.25) is 0 Å². The molecule has 4 nitrogen and oxygen atoms in total. The Hall–Kier alpha value is -1.07. The van der Waals surface area contributed by atoms with Crippen LogP contribution in [0.3, 0.4) is 0 Å². The number of sulfone groups is 1. The summed E-state index contributed by atoms with van der Waals surface area (Å²) in [6, 6.07) is 7.49. The second kappa shape index (κ2) is 6.27. The fraction of sp³-hybridized carbons (Fsp3) is 0.700. The van der Waals surface area contributed by atoms with Gasteiger partial charge in [-0.05, 0) is 68.8 Å². The first-order chi connectivity index (χ1) is 11.9. The van der Waals surface area contributed by atoms with Crippen molar-refractivity contribution >= 4 is 15.5 Å². The highest BCUT2D eigenvalue weighted by molar-refractivity contribution is 7.91. The van der Waals surface area contributed by atoms with Crippen molar-refractivity contribution in [3.8, 4) is 0 Å². The number of rotatable bonds is 3. The Morgan fingerprint density at radius 2 is 2.00 bits per heavy atom. The largest absolute Gasteiger partial charge is 0.384 e. The third-order valence-electron chi connectivity index (χ3n) is 6.75. The van der Waals surface area contributed by atoms with E-state index < -0.39 is 9.84 Å². The van der Waals surface area contributed by atoms with Crippen molar-refractivity contribution in [2.75, 3.05) is 37.0 Å². The first-order valence-electron chi connectivity index (χ1n) is 9.65. The van der Waals surface area contributed by atoms with E-state index in [9.17, 15) is 8.42 Å². The predicted octanol–water partition coefficient (Wildman–Crippen LogP) is 3.15. The van der Waals surface area contributed by atoms with Gasteiger partial charge in [-0.1, -0.05) is 19.1 Å². The molecule has 1 unspecified atom stereocenters. The highest BCUT2D eigenvalue weighted by Gasteiger charge is 2.39. The molecular weight excluding hydrogens is 332 g/mol. The first kappa shape index (κ1) is 17.3. The molecule has 0 aromatic heterocycles. The maximum absolute atomic E-state index is 11.7. The zero-order valence-electron chi connectivity index (χ0n) is 15.4. The minimum absolute atomic E-state index is 0.176. The summed E-state index contributed by atoms with van der Waals surface area (Å²) >= 11 is 0. The van der Waals surface area contributed by atoms with E-state index in [2.05, 4.69) is 42.4 Å². The van der Waals surface area contributed by atoms with Crippen molar-refractivity contribution in [3.05, 3.63) is 29.3 Å². The van der Waals surface area contributed by atoms with Crippen LogP contribution in [0.4, 0.5) is 5.69 Å². The van der Waals surface area contributed by atoms with Crippen LogP contribution >= 0.6 is 0 Å². The number of hydrogen-bond acceptors (Lipinski definition) is 4. The monoisotopic (exact) mass is 362 g/mol. The third kappa shape index (κ3) is 3.33.